The van der Waals surface area contributed by atoms with Gasteiger partial charge in [0.25, 0.3) is 0 Å². The maximum atomic E-state index is 11.5. The van der Waals surface area contributed by atoms with Crippen molar-refractivity contribution >= 4 is 43.7 Å². The van der Waals surface area contributed by atoms with Gasteiger partial charge in [-0.25, -0.2) is 0 Å². The third-order valence-corrected chi connectivity index (χ3v) is 5.90. The normalized spacial score (nSPS) is 28.2. The summed E-state index contributed by atoms with van der Waals surface area (Å²) in [6.07, 6.45) is 2.85. The van der Waals surface area contributed by atoms with E-state index in [0.29, 0.717) is 0 Å². The molecule has 0 heterocycles. The fourth-order valence-corrected chi connectivity index (χ4v) is 3.54. The van der Waals surface area contributed by atoms with Crippen molar-refractivity contribution in [2.45, 2.75) is 69.7 Å². The molecule has 0 bridgehead atoms. The lowest BCUT2D eigenvalue weighted by Crippen LogP contribution is -2.57. The molecule has 4 atom stereocenters. The Morgan fingerprint density at radius 1 is 1.32 bits per heavy atom. The van der Waals surface area contributed by atoms with Crippen LogP contribution in [0.15, 0.2) is 10.6 Å². The predicted molar refractivity (Wildman–Crippen MR) is 92.1 cm³/mol. The molecule has 0 unspecified atom stereocenters. The summed E-state index contributed by atoms with van der Waals surface area (Å²) >= 11 is 6.99. The third-order valence-electron chi connectivity index (χ3n) is 3.52. The Kier molecular flexibility index (Phi) is 8.07. The molecule has 0 saturated carbocycles. The number of esters is 1. The highest BCUT2D eigenvalue weighted by Crippen LogP contribution is 2.34. The Labute approximate surface area is 148 Å². The van der Waals surface area contributed by atoms with E-state index in [1.54, 1.807) is 0 Å². The van der Waals surface area contributed by atoms with Crippen LogP contribution in [0.2, 0.25) is 0 Å². The largest absolute Gasteiger partial charge is 0.459 e. The highest BCUT2D eigenvalue weighted by atomic mass is 79.9. The first kappa shape index (κ1) is 19.6. The van der Waals surface area contributed by atoms with Crippen molar-refractivity contribution in [1.82, 2.24) is 5.32 Å². The van der Waals surface area contributed by atoms with E-state index in [-0.39, 0.29) is 22.9 Å². The van der Waals surface area contributed by atoms with E-state index >= 15 is 0 Å². The van der Waals surface area contributed by atoms with Crippen LogP contribution in [0.5, 0.6) is 0 Å². The van der Waals surface area contributed by atoms with Gasteiger partial charge < -0.3 is 14.8 Å². The van der Waals surface area contributed by atoms with Crippen LogP contribution in [-0.4, -0.2) is 41.1 Å². The molecule has 0 aromatic heterocycles. The van der Waals surface area contributed by atoms with Crippen molar-refractivity contribution < 1.29 is 19.1 Å². The van der Waals surface area contributed by atoms with E-state index in [2.05, 4.69) is 51.0 Å². The lowest BCUT2D eigenvalue weighted by Gasteiger charge is -2.39. The zero-order valence-electron chi connectivity index (χ0n) is 13.3. The van der Waals surface area contributed by atoms with E-state index in [0.717, 1.165) is 17.3 Å². The molecule has 0 spiro atoms. The van der Waals surface area contributed by atoms with E-state index in [1.807, 2.05) is 6.08 Å². The first-order chi connectivity index (χ1) is 10.3. The van der Waals surface area contributed by atoms with Crippen molar-refractivity contribution in [3.8, 4) is 0 Å². The smallest absolute Gasteiger partial charge is 0.303 e. The average Bonchev–Trinajstić information content (AvgIpc) is 2.44. The average molecular weight is 441 g/mol. The number of amides is 1. The van der Waals surface area contributed by atoms with E-state index in [4.69, 9.17) is 9.47 Å². The number of halogens is 2. The molecule has 22 heavy (non-hydrogen) atoms. The molecule has 1 aliphatic carbocycles. The topological polar surface area (TPSA) is 64.6 Å². The summed E-state index contributed by atoms with van der Waals surface area (Å²) in [5.41, 5.74) is 0. The van der Waals surface area contributed by atoms with Gasteiger partial charge in [0.05, 0.1) is 17.0 Å². The van der Waals surface area contributed by atoms with E-state index in [9.17, 15) is 9.59 Å². The van der Waals surface area contributed by atoms with Gasteiger partial charge in [-0.2, -0.15) is 0 Å². The molecule has 0 aromatic carbocycles. The van der Waals surface area contributed by atoms with Crippen LogP contribution >= 0.6 is 31.9 Å². The molecule has 126 valence electrons. The molecule has 0 aromatic rings. The van der Waals surface area contributed by atoms with E-state index < -0.39 is 18.1 Å². The van der Waals surface area contributed by atoms with Gasteiger partial charge in [0, 0.05) is 18.3 Å². The summed E-state index contributed by atoms with van der Waals surface area (Å²) < 4.78 is 12.4. The summed E-state index contributed by atoms with van der Waals surface area (Å²) in [5.74, 6) is -0.584. The Bertz CT molecular complexity index is 437. The van der Waals surface area contributed by atoms with Crippen LogP contribution in [0.3, 0.4) is 0 Å². The van der Waals surface area contributed by atoms with Crippen molar-refractivity contribution in [3.05, 3.63) is 10.6 Å². The van der Waals surface area contributed by atoms with Gasteiger partial charge in [0.1, 0.15) is 12.2 Å². The molecule has 1 amide bonds. The molecule has 0 saturated heterocycles. The molecule has 0 radical (unpaired) electrons. The summed E-state index contributed by atoms with van der Waals surface area (Å²) in [7, 11) is 0. The van der Waals surface area contributed by atoms with Crippen LogP contribution < -0.4 is 5.32 Å². The summed E-state index contributed by atoms with van der Waals surface area (Å²) in [5, 5.41) is 2.86. The minimum Gasteiger partial charge on any atom is -0.459 e. The highest BCUT2D eigenvalue weighted by Gasteiger charge is 2.42. The standard InChI is InChI=1S/C15H23Br2NO4/c1-5-10(6-2)22-12-7-11(16)13(17)15(21-9(4)20)14(12)18-8(3)19/h7,10,12-15H,5-6H2,1-4H3,(H,18,19)/t12-,13+,14-,15-/m1/s1. The monoisotopic (exact) mass is 439 g/mol. The van der Waals surface area contributed by atoms with Crippen LogP contribution in [-0.2, 0) is 19.1 Å². The SMILES string of the molecule is CCC(CC)O[C@@H]1C=C(Br)[C@H](Br)[C@@H](OC(C)=O)[C@@H]1NC(C)=O. The maximum Gasteiger partial charge on any atom is 0.303 e. The second kappa shape index (κ2) is 9.03. The van der Waals surface area contributed by atoms with Gasteiger partial charge in [0.2, 0.25) is 5.91 Å². The number of carbonyl (C=O) groups is 2. The molecular formula is C15H23Br2NO4. The van der Waals surface area contributed by atoms with Gasteiger partial charge in [-0.15, -0.1) is 0 Å². The summed E-state index contributed by atoms with van der Waals surface area (Å²) in [4.78, 5) is 22.7. The van der Waals surface area contributed by atoms with Crippen molar-refractivity contribution in [1.29, 1.82) is 0 Å². The minimum atomic E-state index is -0.542. The molecule has 1 N–H and O–H groups in total. The molecule has 0 fully saturated rings. The molecule has 5 nitrogen and oxygen atoms in total. The van der Waals surface area contributed by atoms with Crippen LogP contribution in [0.4, 0.5) is 0 Å². The predicted octanol–water partition coefficient (Wildman–Crippen LogP) is 3.05. The number of hydrogen-bond acceptors (Lipinski definition) is 4. The van der Waals surface area contributed by atoms with Gasteiger partial charge in [0.15, 0.2) is 0 Å². The van der Waals surface area contributed by atoms with Gasteiger partial charge in [-0.1, -0.05) is 45.7 Å². The summed E-state index contributed by atoms with van der Waals surface area (Å²) in [6, 6.07) is -0.437. The number of alkyl halides is 1. The Morgan fingerprint density at radius 3 is 2.36 bits per heavy atom. The summed E-state index contributed by atoms with van der Waals surface area (Å²) in [6.45, 7) is 6.91. The number of carbonyl (C=O) groups excluding carboxylic acids is 2. The van der Waals surface area contributed by atoms with Crippen LogP contribution in [0.1, 0.15) is 40.5 Å². The number of rotatable bonds is 6. The first-order valence-corrected chi connectivity index (χ1v) is 9.12. The second-order valence-electron chi connectivity index (χ2n) is 5.29. The van der Waals surface area contributed by atoms with Crippen molar-refractivity contribution in [2.75, 3.05) is 0 Å². The number of nitrogens with one attached hydrogen (secondary N) is 1. The molecular weight excluding hydrogens is 418 g/mol. The van der Waals surface area contributed by atoms with Crippen LogP contribution in [0.25, 0.3) is 0 Å². The molecule has 1 aliphatic rings. The molecule has 1 rings (SSSR count). The third kappa shape index (κ3) is 5.35. The zero-order valence-corrected chi connectivity index (χ0v) is 16.4. The van der Waals surface area contributed by atoms with E-state index in [1.165, 1.54) is 13.8 Å². The van der Waals surface area contributed by atoms with Gasteiger partial charge in [-0.3, -0.25) is 9.59 Å². The first-order valence-electron chi connectivity index (χ1n) is 7.41. The Hall–Kier alpha value is -0.400. The highest BCUT2D eigenvalue weighted by molar-refractivity contribution is 9.14. The Morgan fingerprint density at radius 2 is 1.91 bits per heavy atom. The van der Waals surface area contributed by atoms with Crippen LogP contribution in [0, 0.1) is 0 Å². The van der Waals surface area contributed by atoms with Crippen molar-refractivity contribution in [3.63, 3.8) is 0 Å². The second-order valence-corrected chi connectivity index (χ2v) is 7.20. The fourth-order valence-electron chi connectivity index (χ4n) is 2.43. The van der Waals surface area contributed by atoms with Gasteiger partial charge in [-0.05, 0) is 18.9 Å². The van der Waals surface area contributed by atoms with Crippen molar-refractivity contribution in [2.24, 2.45) is 0 Å². The lowest BCUT2D eigenvalue weighted by molar-refractivity contribution is -0.151. The number of hydrogen-bond donors (Lipinski definition) is 1. The quantitative estimate of drug-likeness (QED) is 0.509. The maximum absolute atomic E-state index is 11.5. The minimum absolute atomic E-state index is 0.0858. The Balaban J connectivity index is 3.07. The van der Waals surface area contributed by atoms with Gasteiger partial charge >= 0.3 is 5.97 Å². The molecule has 0 aliphatic heterocycles. The zero-order chi connectivity index (χ0) is 16.9. The fraction of sp³-hybridized carbons (Fsp3) is 0.733. The lowest BCUT2D eigenvalue weighted by atomic mass is 9.94. The molecule has 7 heteroatoms. The number of ether oxygens (including phenoxy) is 2.